The molecule has 0 bridgehead atoms. The minimum absolute atomic E-state index is 0.00775. The van der Waals surface area contributed by atoms with Crippen LogP contribution in [0.2, 0.25) is 0 Å². The Morgan fingerprint density at radius 3 is 3.00 bits per heavy atom. The predicted octanol–water partition coefficient (Wildman–Crippen LogP) is 1.30. The Morgan fingerprint density at radius 2 is 2.30 bits per heavy atom. The number of amides is 1. The molecule has 0 radical (unpaired) electrons. The zero-order valence-corrected chi connectivity index (χ0v) is 12.4. The molecule has 2 aliphatic rings. The van der Waals surface area contributed by atoms with E-state index in [4.69, 9.17) is 0 Å². The minimum Gasteiger partial charge on any atom is -0.337 e. The average Bonchev–Trinajstić information content (AvgIpc) is 3.04. The number of aromatic nitrogens is 2. The van der Waals surface area contributed by atoms with Crippen molar-refractivity contribution in [3.63, 3.8) is 0 Å². The number of carbonyl (C=O) groups is 1. The Labute approximate surface area is 120 Å². The van der Waals surface area contributed by atoms with Crippen LogP contribution in [0.5, 0.6) is 0 Å². The largest absolute Gasteiger partial charge is 0.337 e. The van der Waals surface area contributed by atoms with Crippen molar-refractivity contribution in [3.05, 3.63) is 18.2 Å². The molecule has 2 fully saturated rings. The maximum atomic E-state index is 12.6. The van der Waals surface area contributed by atoms with Gasteiger partial charge >= 0.3 is 0 Å². The SMILES string of the molecule is CN(Cc1nccn1C)C(=O)C1CC2CCCCC2N1. The quantitative estimate of drug-likeness (QED) is 0.905. The van der Waals surface area contributed by atoms with Gasteiger partial charge in [-0.2, -0.15) is 0 Å². The molecule has 3 unspecified atom stereocenters. The van der Waals surface area contributed by atoms with Crippen molar-refractivity contribution in [1.29, 1.82) is 0 Å². The van der Waals surface area contributed by atoms with E-state index in [0.29, 0.717) is 18.5 Å². The maximum Gasteiger partial charge on any atom is 0.239 e. The number of imidazole rings is 1. The van der Waals surface area contributed by atoms with Crippen LogP contribution in [0.15, 0.2) is 12.4 Å². The second-order valence-corrected chi connectivity index (χ2v) is 6.25. The molecule has 1 aromatic rings. The van der Waals surface area contributed by atoms with E-state index in [1.165, 1.54) is 25.7 Å². The summed E-state index contributed by atoms with van der Waals surface area (Å²) in [5, 5.41) is 3.55. The first-order valence-corrected chi connectivity index (χ1v) is 7.62. The van der Waals surface area contributed by atoms with E-state index in [1.54, 1.807) is 11.1 Å². The summed E-state index contributed by atoms with van der Waals surface area (Å²) in [5.41, 5.74) is 0. The highest BCUT2D eigenvalue weighted by atomic mass is 16.2. The summed E-state index contributed by atoms with van der Waals surface area (Å²) in [6, 6.07) is 0.577. The van der Waals surface area contributed by atoms with Crippen LogP contribution in [-0.2, 0) is 18.4 Å². The summed E-state index contributed by atoms with van der Waals surface area (Å²) in [5.74, 6) is 1.85. The molecule has 0 spiro atoms. The number of aryl methyl sites for hydroxylation is 1. The lowest BCUT2D eigenvalue weighted by Gasteiger charge is -2.24. The summed E-state index contributed by atoms with van der Waals surface area (Å²) in [7, 11) is 3.84. The molecule has 5 heteroatoms. The van der Waals surface area contributed by atoms with Crippen LogP contribution in [0.4, 0.5) is 0 Å². The Morgan fingerprint density at radius 1 is 1.50 bits per heavy atom. The molecule has 1 aliphatic heterocycles. The standard InChI is InChI=1S/C15H24N4O/c1-18-8-7-16-14(18)10-19(2)15(20)13-9-11-5-3-4-6-12(11)17-13/h7-8,11-13,17H,3-6,9-10H2,1-2H3. The third-order valence-electron chi connectivity index (χ3n) is 4.84. The fourth-order valence-corrected chi connectivity index (χ4v) is 3.62. The van der Waals surface area contributed by atoms with Gasteiger partial charge in [-0.05, 0) is 25.2 Å². The van der Waals surface area contributed by atoms with Crippen LogP contribution in [0.25, 0.3) is 0 Å². The minimum atomic E-state index is 0.00775. The number of carbonyl (C=O) groups excluding carboxylic acids is 1. The zero-order chi connectivity index (χ0) is 14.1. The average molecular weight is 276 g/mol. The summed E-state index contributed by atoms with van der Waals surface area (Å²) in [4.78, 5) is 18.6. The van der Waals surface area contributed by atoms with Crippen molar-refractivity contribution >= 4 is 5.91 Å². The number of fused-ring (bicyclic) bond motifs is 1. The van der Waals surface area contributed by atoms with Gasteiger partial charge in [0.2, 0.25) is 5.91 Å². The third-order valence-corrected chi connectivity index (χ3v) is 4.84. The summed E-state index contributed by atoms with van der Waals surface area (Å²) >= 11 is 0. The Bertz CT molecular complexity index is 470. The van der Waals surface area contributed by atoms with E-state index in [1.807, 2.05) is 24.9 Å². The highest BCUT2D eigenvalue weighted by molar-refractivity contribution is 5.82. The van der Waals surface area contributed by atoms with Crippen LogP contribution < -0.4 is 5.32 Å². The molecule has 0 aromatic carbocycles. The van der Waals surface area contributed by atoms with Gasteiger partial charge in [-0.1, -0.05) is 12.8 Å². The molecule has 3 rings (SSSR count). The van der Waals surface area contributed by atoms with E-state index in [0.717, 1.165) is 12.2 Å². The van der Waals surface area contributed by atoms with Gasteiger partial charge in [0.1, 0.15) is 5.82 Å². The van der Waals surface area contributed by atoms with Gasteiger partial charge in [0.05, 0.1) is 12.6 Å². The van der Waals surface area contributed by atoms with Crippen LogP contribution in [0.1, 0.15) is 37.9 Å². The molecule has 1 amide bonds. The predicted molar refractivity (Wildman–Crippen MR) is 77.0 cm³/mol. The molecular formula is C15H24N4O. The zero-order valence-electron chi connectivity index (χ0n) is 12.4. The fourth-order valence-electron chi connectivity index (χ4n) is 3.62. The van der Waals surface area contributed by atoms with Crippen LogP contribution in [0, 0.1) is 5.92 Å². The van der Waals surface area contributed by atoms with Crippen LogP contribution >= 0.6 is 0 Å². The molecular weight excluding hydrogens is 252 g/mol. The van der Waals surface area contributed by atoms with Crippen LogP contribution in [-0.4, -0.2) is 39.5 Å². The number of nitrogens with zero attached hydrogens (tertiary/aromatic N) is 3. The first-order chi connectivity index (χ1) is 9.65. The van der Waals surface area contributed by atoms with E-state index in [9.17, 15) is 4.79 Å². The van der Waals surface area contributed by atoms with Crippen molar-refractivity contribution < 1.29 is 4.79 Å². The summed E-state index contributed by atoms with van der Waals surface area (Å²) in [6.07, 6.45) is 9.84. The monoisotopic (exact) mass is 276 g/mol. The first kappa shape index (κ1) is 13.6. The maximum absolute atomic E-state index is 12.6. The van der Waals surface area contributed by atoms with Crippen molar-refractivity contribution in [3.8, 4) is 0 Å². The van der Waals surface area contributed by atoms with Crippen molar-refractivity contribution in [2.45, 2.75) is 50.7 Å². The van der Waals surface area contributed by atoms with Crippen molar-refractivity contribution in [2.75, 3.05) is 7.05 Å². The van der Waals surface area contributed by atoms with E-state index in [2.05, 4.69) is 10.3 Å². The first-order valence-electron chi connectivity index (χ1n) is 7.62. The molecule has 110 valence electrons. The third kappa shape index (κ3) is 2.59. The van der Waals surface area contributed by atoms with Gasteiger partial charge < -0.3 is 14.8 Å². The molecule has 5 nitrogen and oxygen atoms in total. The lowest BCUT2D eigenvalue weighted by atomic mass is 9.85. The highest BCUT2D eigenvalue weighted by Crippen LogP contribution is 2.33. The number of nitrogens with one attached hydrogen (secondary N) is 1. The molecule has 1 N–H and O–H groups in total. The van der Waals surface area contributed by atoms with Crippen molar-refractivity contribution in [1.82, 2.24) is 19.8 Å². The van der Waals surface area contributed by atoms with E-state index >= 15 is 0 Å². The second kappa shape index (κ2) is 5.56. The normalized spacial score (nSPS) is 29.2. The Balaban J connectivity index is 1.60. The van der Waals surface area contributed by atoms with E-state index < -0.39 is 0 Å². The summed E-state index contributed by atoms with van der Waals surface area (Å²) < 4.78 is 1.96. The lowest BCUT2D eigenvalue weighted by molar-refractivity contribution is -0.132. The van der Waals surface area contributed by atoms with Gasteiger partial charge in [-0.3, -0.25) is 4.79 Å². The molecule has 3 atom stereocenters. The number of hydrogen-bond donors (Lipinski definition) is 1. The molecule has 2 heterocycles. The number of hydrogen-bond acceptors (Lipinski definition) is 3. The van der Waals surface area contributed by atoms with Crippen molar-refractivity contribution in [2.24, 2.45) is 13.0 Å². The smallest absolute Gasteiger partial charge is 0.239 e. The van der Waals surface area contributed by atoms with E-state index in [-0.39, 0.29) is 11.9 Å². The molecule has 1 aromatic heterocycles. The fraction of sp³-hybridized carbons (Fsp3) is 0.733. The Hall–Kier alpha value is -1.36. The Kier molecular flexibility index (Phi) is 3.78. The summed E-state index contributed by atoms with van der Waals surface area (Å²) in [6.45, 7) is 0.579. The van der Waals surface area contributed by atoms with Gasteiger partial charge in [-0.25, -0.2) is 4.98 Å². The molecule has 1 saturated carbocycles. The molecule has 1 aliphatic carbocycles. The molecule has 1 saturated heterocycles. The number of likely N-dealkylation sites (N-methyl/N-ethyl adjacent to an activating group) is 1. The second-order valence-electron chi connectivity index (χ2n) is 6.25. The highest BCUT2D eigenvalue weighted by Gasteiger charge is 2.39. The number of rotatable bonds is 3. The topological polar surface area (TPSA) is 50.2 Å². The van der Waals surface area contributed by atoms with Gasteiger partial charge in [-0.15, -0.1) is 0 Å². The van der Waals surface area contributed by atoms with Gasteiger partial charge in [0, 0.05) is 32.5 Å². The van der Waals surface area contributed by atoms with Crippen LogP contribution in [0.3, 0.4) is 0 Å². The van der Waals surface area contributed by atoms with Gasteiger partial charge in [0.25, 0.3) is 0 Å². The van der Waals surface area contributed by atoms with Gasteiger partial charge in [0.15, 0.2) is 0 Å². The molecule has 20 heavy (non-hydrogen) atoms. The lowest BCUT2D eigenvalue weighted by Crippen LogP contribution is -2.43.